The molecule has 0 atom stereocenters. The molecular formula is C26H24N6O3. The summed E-state index contributed by atoms with van der Waals surface area (Å²) in [5, 5.41) is 15.5. The quantitative estimate of drug-likeness (QED) is 0.458. The number of nitrogens with one attached hydrogen (secondary N) is 2. The van der Waals surface area contributed by atoms with Crippen LogP contribution >= 0.6 is 0 Å². The number of carbonyl (C=O) groups excluding carboxylic acids is 2. The van der Waals surface area contributed by atoms with Crippen LogP contribution in [-0.4, -0.2) is 45.5 Å². The number of hydrogen-bond donors (Lipinski definition) is 2. The van der Waals surface area contributed by atoms with E-state index in [0.29, 0.717) is 16.8 Å². The molecule has 1 saturated heterocycles. The van der Waals surface area contributed by atoms with Gasteiger partial charge in [-0.3, -0.25) is 14.3 Å². The monoisotopic (exact) mass is 468 g/mol. The summed E-state index contributed by atoms with van der Waals surface area (Å²) >= 11 is 0. The number of aromatic nitrogens is 2. The zero-order valence-corrected chi connectivity index (χ0v) is 19.0. The van der Waals surface area contributed by atoms with Gasteiger partial charge >= 0.3 is 6.03 Å². The van der Waals surface area contributed by atoms with Gasteiger partial charge in [0.2, 0.25) is 0 Å². The Bertz CT molecular complexity index is 1380. The standard InChI is InChI=1S/C26H24N6O3/c27-15-18-1-3-19(4-2-18)16-31-10-7-21(8-11-31)29-25(33)24-14-20-13-22(5-6-23(20)35-24)30-26(34)32-12-9-28-17-32/h1-6,9,12-14,17,21H,7-8,10-11,16H2,(H,29,33)(H,30,34). The number of likely N-dealkylation sites (tertiary alicyclic amines) is 1. The Morgan fingerprint density at radius 2 is 1.91 bits per heavy atom. The molecule has 2 aromatic heterocycles. The molecule has 176 valence electrons. The molecule has 5 rings (SSSR count). The van der Waals surface area contributed by atoms with Gasteiger partial charge in [-0.1, -0.05) is 12.1 Å². The number of amides is 2. The third-order valence-corrected chi connectivity index (χ3v) is 6.14. The van der Waals surface area contributed by atoms with E-state index in [9.17, 15) is 9.59 Å². The van der Waals surface area contributed by atoms with Gasteiger partial charge in [-0.05, 0) is 54.8 Å². The summed E-state index contributed by atoms with van der Waals surface area (Å²) in [6.07, 6.45) is 6.22. The number of piperidine rings is 1. The second-order valence-corrected chi connectivity index (χ2v) is 8.60. The van der Waals surface area contributed by atoms with Crippen LogP contribution in [0.5, 0.6) is 0 Å². The van der Waals surface area contributed by atoms with E-state index in [0.717, 1.165) is 37.9 Å². The number of fused-ring (bicyclic) bond motifs is 1. The maximum absolute atomic E-state index is 12.8. The van der Waals surface area contributed by atoms with E-state index in [4.69, 9.17) is 9.68 Å². The van der Waals surface area contributed by atoms with Gasteiger partial charge in [-0.25, -0.2) is 9.78 Å². The van der Waals surface area contributed by atoms with E-state index in [1.165, 1.54) is 22.7 Å². The molecule has 2 N–H and O–H groups in total. The highest BCUT2D eigenvalue weighted by atomic mass is 16.3. The van der Waals surface area contributed by atoms with E-state index >= 15 is 0 Å². The van der Waals surface area contributed by atoms with Crippen LogP contribution in [0.25, 0.3) is 11.0 Å². The van der Waals surface area contributed by atoms with Crippen LogP contribution in [0.15, 0.2) is 71.7 Å². The number of benzene rings is 2. The van der Waals surface area contributed by atoms with Gasteiger partial charge in [-0.15, -0.1) is 0 Å². The number of nitrogens with zero attached hydrogens (tertiary/aromatic N) is 4. The fourth-order valence-corrected chi connectivity index (χ4v) is 4.24. The molecule has 0 saturated carbocycles. The lowest BCUT2D eigenvalue weighted by atomic mass is 10.0. The lowest BCUT2D eigenvalue weighted by Gasteiger charge is -2.32. The van der Waals surface area contributed by atoms with Gasteiger partial charge in [0.15, 0.2) is 5.76 Å². The summed E-state index contributed by atoms with van der Waals surface area (Å²) in [6, 6.07) is 16.5. The summed E-state index contributed by atoms with van der Waals surface area (Å²) in [6.45, 7) is 2.59. The predicted molar refractivity (Wildman–Crippen MR) is 130 cm³/mol. The molecule has 1 aliphatic rings. The minimum Gasteiger partial charge on any atom is -0.451 e. The molecule has 0 unspecified atom stereocenters. The Morgan fingerprint density at radius 3 is 2.63 bits per heavy atom. The first-order valence-electron chi connectivity index (χ1n) is 11.4. The zero-order valence-electron chi connectivity index (χ0n) is 19.0. The molecule has 4 aromatic rings. The number of furan rings is 1. The number of anilines is 1. The number of carbonyl (C=O) groups is 2. The zero-order chi connectivity index (χ0) is 24.2. The van der Waals surface area contributed by atoms with Crippen molar-refractivity contribution >= 4 is 28.6 Å². The van der Waals surface area contributed by atoms with Crippen molar-refractivity contribution < 1.29 is 14.0 Å². The highest BCUT2D eigenvalue weighted by Crippen LogP contribution is 2.24. The van der Waals surface area contributed by atoms with Gasteiger partial charge in [0.05, 0.1) is 11.6 Å². The van der Waals surface area contributed by atoms with Crippen molar-refractivity contribution in [1.29, 1.82) is 5.26 Å². The molecule has 3 heterocycles. The molecule has 1 aliphatic heterocycles. The van der Waals surface area contributed by atoms with Crippen LogP contribution in [0.4, 0.5) is 10.5 Å². The lowest BCUT2D eigenvalue weighted by molar-refractivity contribution is 0.0883. The molecule has 35 heavy (non-hydrogen) atoms. The minimum atomic E-state index is -0.325. The van der Waals surface area contributed by atoms with Gasteiger partial charge in [-0.2, -0.15) is 5.26 Å². The Kier molecular flexibility index (Phi) is 6.28. The number of rotatable bonds is 5. The molecule has 9 heteroatoms. The predicted octanol–water partition coefficient (Wildman–Crippen LogP) is 3.98. The number of hydrogen-bond acceptors (Lipinski definition) is 6. The summed E-state index contributed by atoms with van der Waals surface area (Å²) in [5.41, 5.74) is 3.01. The summed E-state index contributed by atoms with van der Waals surface area (Å²) in [5.74, 6) is 0.00819. The summed E-state index contributed by atoms with van der Waals surface area (Å²) in [4.78, 5) is 31.2. The van der Waals surface area contributed by atoms with Gasteiger partial charge in [0.25, 0.3) is 5.91 Å². The van der Waals surface area contributed by atoms with Crippen LogP contribution < -0.4 is 10.6 Å². The van der Waals surface area contributed by atoms with Crippen LogP contribution in [0, 0.1) is 11.3 Å². The fourth-order valence-electron chi connectivity index (χ4n) is 4.24. The second kappa shape index (κ2) is 9.83. The molecule has 1 fully saturated rings. The topological polar surface area (TPSA) is 116 Å². The lowest BCUT2D eigenvalue weighted by Crippen LogP contribution is -2.44. The number of nitriles is 1. The third-order valence-electron chi connectivity index (χ3n) is 6.14. The molecule has 2 amide bonds. The Labute approximate surface area is 202 Å². The highest BCUT2D eigenvalue weighted by molar-refractivity contribution is 5.98. The molecule has 0 radical (unpaired) electrons. The fraction of sp³-hybridized carbons (Fsp3) is 0.231. The molecular weight excluding hydrogens is 444 g/mol. The first kappa shape index (κ1) is 22.4. The van der Waals surface area contributed by atoms with E-state index in [-0.39, 0.29) is 23.7 Å². The summed E-state index contributed by atoms with van der Waals surface area (Å²) in [7, 11) is 0. The first-order chi connectivity index (χ1) is 17.1. The summed E-state index contributed by atoms with van der Waals surface area (Å²) < 4.78 is 7.09. The van der Waals surface area contributed by atoms with Crippen molar-refractivity contribution in [2.24, 2.45) is 0 Å². The van der Waals surface area contributed by atoms with Crippen LogP contribution in [-0.2, 0) is 6.54 Å². The van der Waals surface area contributed by atoms with Crippen molar-refractivity contribution in [3.8, 4) is 6.07 Å². The highest BCUT2D eigenvalue weighted by Gasteiger charge is 2.23. The van der Waals surface area contributed by atoms with Crippen molar-refractivity contribution in [1.82, 2.24) is 19.8 Å². The van der Waals surface area contributed by atoms with Crippen molar-refractivity contribution in [3.63, 3.8) is 0 Å². The van der Waals surface area contributed by atoms with Crippen molar-refractivity contribution in [2.75, 3.05) is 18.4 Å². The van der Waals surface area contributed by atoms with Crippen LogP contribution in [0.2, 0.25) is 0 Å². The van der Waals surface area contributed by atoms with Crippen molar-refractivity contribution in [3.05, 3.63) is 84.1 Å². The van der Waals surface area contributed by atoms with Crippen molar-refractivity contribution in [2.45, 2.75) is 25.4 Å². The maximum atomic E-state index is 12.8. The Hall–Kier alpha value is -4.42. The minimum absolute atomic E-state index is 0.0814. The normalized spacial score (nSPS) is 14.5. The molecule has 9 nitrogen and oxygen atoms in total. The molecule has 0 aliphatic carbocycles. The van der Waals surface area contributed by atoms with E-state index in [1.807, 2.05) is 24.3 Å². The average molecular weight is 469 g/mol. The average Bonchev–Trinajstić information content (AvgIpc) is 3.56. The van der Waals surface area contributed by atoms with Crippen LogP contribution in [0.1, 0.15) is 34.5 Å². The second-order valence-electron chi connectivity index (χ2n) is 8.60. The number of imidazole rings is 1. The molecule has 2 aromatic carbocycles. The molecule has 0 spiro atoms. The van der Waals surface area contributed by atoms with Gasteiger partial charge in [0, 0.05) is 49.1 Å². The van der Waals surface area contributed by atoms with E-state index in [1.54, 1.807) is 30.5 Å². The van der Waals surface area contributed by atoms with Gasteiger partial charge < -0.3 is 15.1 Å². The smallest absolute Gasteiger partial charge is 0.331 e. The van der Waals surface area contributed by atoms with Gasteiger partial charge in [0.1, 0.15) is 11.9 Å². The largest absolute Gasteiger partial charge is 0.451 e. The van der Waals surface area contributed by atoms with E-state index in [2.05, 4.69) is 26.6 Å². The SMILES string of the molecule is N#Cc1ccc(CN2CCC(NC(=O)c3cc4cc(NC(=O)n5ccnc5)ccc4o3)CC2)cc1. The molecule has 0 bridgehead atoms. The first-order valence-corrected chi connectivity index (χ1v) is 11.4. The third kappa shape index (κ3) is 5.23. The Morgan fingerprint density at radius 1 is 1.11 bits per heavy atom. The Balaban J connectivity index is 1.15. The maximum Gasteiger partial charge on any atom is 0.331 e. The van der Waals surface area contributed by atoms with Crippen LogP contribution in [0.3, 0.4) is 0 Å². The van der Waals surface area contributed by atoms with E-state index < -0.39 is 0 Å².